The smallest absolute Gasteiger partial charge is 0.251 e. The first kappa shape index (κ1) is 24.5. The van der Waals surface area contributed by atoms with E-state index in [9.17, 15) is 13.2 Å². The number of ether oxygens (including phenoxy) is 1. The third-order valence-electron chi connectivity index (χ3n) is 5.48. The molecule has 0 aliphatic carbocycles. The molecule has 6 heteroatoms. The van der Waals surface area contributed by atoms with Crippen LogP contribution < -0.4 is 10.1 Å². The molecule has 0 atom stereocenters. The van der Waals surface area contributed by atoms with E-state index in [0.717, 1.165) is 36.1 Å². The van der Waals surface area contributed by atoms with Gasteiger partial charge in [-0.1, -0.05) is 67.6 Å². The van der Waals surface area contributed by atoms with E-state index in [1.165, 1.54) is 5.56 Å². The Morgan fingerprint density at radius 1 is 0.848 bits per heavy atom. The molecule has 5 nitrogen and oxygen atoms in total. The standard InChI is InChI=1S/C27H31NO4S/c1-2-33(30,31)20-19-28-27(29)25-17-15-22(16-18-25)11-8-13-24-12-6-7-14-26(24)32-21-23-9-4-3-5-10-23/h3-7,9-10,12,14-18H,2,8,11,13,19-21H2,1H3,(H,28,29). The van der Waals surface area contributed by atoms with Crippen LogP contribution in [0, 0.1) is 0 Å². The fraction of sp³-hybridized carbons (Fsp3) is 0.296. The fourth-order valence-electron chi connectivity index (χ4n) is 3.46. The molecule has 0 aliphatic rings. The van der Waals surface area contributed by atoms with E-state index in [2.05, 4.69) is 23.5 Å². The van der Waals surface area contributed by atoms with Gasteiger partial charge in [0.25, 0.3) is 5.91 Å². The van der Waals surface area contributed by atoms with Gasteiger partial charge >= 0.3 is 0 Å². The van der Waals surface area contributed by atoms with Gasteiger partial charge in [-0.3, -0.25) is 4.79 Å². The lowest BCUT2D eigenvalue weighted by molar-refractivity contribution is 0.0956. The number of hydrogen-bond acceptors (Lipinski definition) is 4. The number of para-hydroxylation sites is 1. The largest absolute Gasteiger partial charge is 0.489 e. The van der Waals surface area contributed by atoms with Crippen molar-refractivity contribution in [1.29, 1.82) is 0 Å². The number of carbonyl (C=O) groups excluding carboxylic acids is 1. The Morgan fingerprint density at radius 3 is 2.27 bits per heavy atom. The topological polar surface area (TPSA) is 72.5 Å². The van der Waals surface area contributed by atoms with Gasteiger partial charge in [0.2, 0.25) is 0 Å². The Kier molecular flexibility index (Phi) is 9.07. The van der Waals surface area contributed by atoms with Gasteiger partial charge in [-0.25, -0.2) is 8.42 Å². The van der Waals surface area contributed by atoms with Gasteiger partial charge in [0.1, 0.15) is 12.4 Å². The van der Waals surface area contributed by atoms with Crippen LogP contribution in [0.15, 0.2) is 78.9 Å². The van der Waals surface area contributed by atoms with E-state index in [4.69, 9.17) is 4.74 Å². The molecular weight excluding hydrogens is 434 g/mol. The lowest BCUT2D eigenvalue weighted by Crippen LogP contribution is -2.29. The maximum Gasteiger partial charge on any atom is 0.251 e. The van der Waals surface area contributed by atoms with Crippen molar-refractivity contribution < 1.29 is 17.9 Å². The fourth-order valence-corrected chi connectivity index (χ4v) is 4.16. The summed E-state index contributed by atoms with van der Waals surface area (Å²) >= 11 is 0. The summed E-state index contributed by atoms with van der Waals surface area (Å²) in [6.07, 6.45) is 2.76. The summed E-state index contributed by atoms with van der Waals surface area (Å²) in [4.78, 5) is 12.2. The predicted octanol–water partition coefficient (Wildman–Crippen LogP) is 4.61. The third-order valence-corrected chi connectivity index (χ3v) is 7.18. The molecule has 0 heterocycles. The van der Waals surface area contributed by atoms with Crippen LogP contribution in [0.2, 0.25) is 0 Å². The summed E-state index contributed by atoms with van der Waals surface area (Å²) in [5.41, 5.74) is 4.02. The Balaban J connectivity index is 1.47. The van der Waals surface area contributed by atoms with Gasteiger partial charge in [0.05, 0.1) is 5.75 Å². The number of sulfone groups is 1. The summed E-state index contributed by atoms with van der Waals surface area (Å²) in [5.74, 6) is 0.709. The molecular formula is C27H31NO4S. The number of nitrogens with one attached hydrogen (secondary N) is 1. The number of rotatable bonds is 12. The van der Waals surface area contributed by atoms with Gasteiger partial charge in [-0.15, -0.1) is 0 Å². The van der Waals surface area contributed by atoms with E-state index >= 15 is 0 Å². The first-order chi connectivity index (χ1) is 16.0. The van der Waals surface area contributed by atoms with Crippen LogP contribution in [0.25, 0.3) is 0 Å². The highest BCUT2D eigenvalue weighted by Gasteiger charge is 2.10. The zero-order valence-corrected chi connectivity index (χ0v) is 19.8. The average Bonchev–Trinajstić information content (AvgIpc) is 2.84. The first-order valence-corrected chi connectivity index (χ1v) is 13.1. The molecule has 1 amide bonds. The summed E-state index contributed by atoms with van der Waals surface area (Å²) < 4.78 is 29.1. The van der Waals surface area contributed by atoms with E-state index in [-0.39, 0.29) is 24.0 Å². The van der Waals surface area contributed by atoms with Crippen molar-refractivity contribution in [2.45, 2.75) is 32.8 Å². The molecule has 3 aromatic rings. The summed E-state index contributed by atoms with van der Waals surface area (Å²) in [7, 11) is -3.08. The second-order valence-electron chi connectivity index (χ2n) is 7.92. The Hall–Kier alpha value is -3.12. The van der Waals surface area contributed by atoms with Crippen LogP contribution in [-0.4, -0.2) is 32.4 Å². The molecule has 0 saturated carbocycles. The normalized spacial score (nSPS) is 11.2. The zero-order valence-electron chi connectivity index (χ0n) is 19.0. The van der Waals surface area contributed by atoms with Crippen molar-refractivity contribution in [2.75, 3.05) is 18.1 Å². The highest BCUT2D eigenvalue weighted by atomic mass is 32.2. The maximum atomic E-state index is 12.2. The molecule has 0 radical (unpaired) electrons. The summed E-state index contributed by atoms with van der Waals surface area (Å²) in [6, 6.07) is 25.7. The van der Waals surface area contributed by atoms with Crippen molar-refractivity contribution >= 4 is 15.7 Å². The van der Waals surface area contributed by atoms with Gasteiger partial charge in [0, 0.05) is 17.9 Å². The Morgan fingerprint density at radius 2 is 1.55 bits per heavy atom. The molecule has 0 fully saturated rings. The molecule has 0 aromatic heterocycles. The minimum absolute atomic E-state index is 0.0378. The zero-order chi connectivity index (χ0) is 23.5. The highest BCUT2D eigenvalue weighted by Crippen LogP contribution is 2.22. The van der Waals surface area contributed by atoms with Crippen molar-refractivity contribution in [1.82, 2.24) is 5.32 Å². The van der Waals surface area contributed by atoms with E-state index in [1.807, 2.05) is 48.5 Å². The van der Waals surface area contributed by atoms with Crippen LogP contribution >= 0.6 is 0 Å². The number of carbonyl (C=O) groups is 1. The lowest BCUT2D eigenvalue weighted by Gasteiger charge is -2.12. The molecule has 0 aliphatic heterocycles. The minimum Gasteiger partial charge on any atom is -0.489 e. The summed E-state index contributed by atoms with van der Waals surface area (Å²) in [6.45, 7) is 2.28. The van der Waals surface area contributed by atoms with Crippen LogP contribution in [0.5, 0.6) is 5.75 Å². The monoisotopic (exact) mass is 465 g/mol. The second-order valence-corrected chi connectivity index (χ2v) is 10.4. The van der Waals surface area contributed by atoms with Gasteiger partial charge in [-0.05, 0) is 54.2 Å². The maximum absolute atomic E-state index is 12.2. The SMILES string of the molecule is CCS(=O)(=O)CCNC(=O)c1ccc(CCCc2ccccc2OCc2ccccc2)cc1. The second kappa shape index (κ2) is 12.2. The molecule has 0 saturated heterocycles. The van der Waals surface area contributed by atoms with Gasteiger partial charge in [-0.2, -0.15) is 0 Å². The Bertz CT molecular complexity index is 1130. The van der Waals surface area contributed by atoms with Crippen molar-refractivity contribution in [3.63, 3.8) is 0 Å². The third kappa shape index (κ3) is 8.06. The number of amides is 1. The van der Waals surface area contributed by atoms with Crippen LogP contribution in [-0.2, 0) is 29.3 Å². The molecule has 174 valence electrons. The first-order valence-electron chi connectivity index (χ1n) is 11.3. The highest BCUT2D eigenvalue weighted by molar-refractivity contribution is 7.91. The molecule has 1 N–H and O–H groups in total. The minimum atomic E-state index is -3.08. The number of benzene rings is 3. The van der Waals surface area contributed by atoms with E-state index in [0.29, 0.717) is 12.2 Å². The molecule has 0 bridgehead atoms. The van der Waals surface area contributed by atoms with Crippen LogP contribution in [0.1, 0.15) is 40.4 Å². The molecule has 3 aromatic carbocycles. The van der Waals surface area contributed by atoms with Crippen molar-refractivity contribution in [2.24, 2.45) is 0 Å². The van der Waals surface area contributed by atoms with Crippen molar-refractivity contribution in [3.8, 4) is 5.75 Å². The van der Waals surface area contributed by atoms with Gasteiger partial charge in [0.15, 0.2) is 9.84 Å². The van der Waals surface area contributed by atoms with Crippen LogP contribution in [0.3, 0.4) is 0 Å². The number of hydrogen-bond donors (Lipinski definition) is 1. The molecule has 0 unspecified atom stereocenters. The summed E-state index contributed by atoms with van der Waals surface area (Å²) in [5, 5.41) is 2.67. The van der Waals surface area contributed by atoms with Crippen molar-refractivity contribution in [3.05, 3.63) is 101 Å². The molecule has 3 rings (SSSR count). The van der Waals surface area contributed by atoms with E-state index in [1.54, 1.807) is 19.1 Å². The average molecular weight is 466 g/mol. The van der Waals surface area contributed by atoms with Crippen LogP contribution in [0.4, 0.5) is 0 Å². The lowest BCUT2D eigenvalue weighted by atomic mass is 10.0. The quantitative estimate of drug-likeness (QED) is 0.424. The molecule has 0 spiro atoms. The predicted molar refractivity (Wildman–Crippen MR) is 132 cm³/mol. The molecule has 33 heavy (non-hydrogen) atoms. The van der Waals surface area contributed by atoms with E-state index < -0.39 is 9.84 Å². The van der Waals surface area contributed by atoms with Gasteiger partial charge < -0.3 is 10.1 Å². The number of aryl methyl sites for hydroxylation is 2. The Labute approximate surface area is 196 Å².